The molecule has 0 saturated carbocycles. The van der Waals surface area contributed by atoms with Gasteiger partial charge in [-0.05, 0) is 64.2 Å². The van der Waals surface area contributed by atoms with E-state index in [1.165, 1.54) is 4.90 Å². The van der Waals surface area contributed by atoms with Gasteiger partial charge in [-0.25, -0.2) is 4.79 Å². The molecule has 0 aliphatic carbocycles. The maximum absolute atomic E-state index is 14.1. The lowest BCUT2D eigenvalue weighted by Gasteiger charge is -2.35. The van der Waals surface area contributed by atoms with Crippen molar-refractivity contribution in [3.63, 3.8) is 0 Å². The van der Waals surface area contributed by atoms with Crippen molar-refractivity contribution < 1.29 is 23.9 Å². The van der Waals surface area contributed by atoms with E-state index < -0.39 is 35.6 Å². The third kappa shape index (κ3) is 10.1. The van der Waals surface area contributed by atoms with Crippen LogP contribution in [-0.4, -0.2) is 46.9 Å². The minimum Gasteiger partial charge on any atom is -0.444 e. The first kappa shape index (κ1) is 31.3. The van der Waals surface area contributed by atoms with Gasteiger partial charge in [-0.15, -0.1) is 0 Å². The molecule has 4 amide bonds. The molecule has 0 aromatic heterocycles. The second-order valence-electron chi connectivity index (χ2n) is 10.7. The first-order chi connectivity index (χ1) is 18.3. The first-order valence-electron chi connectivity index (χ1n) is 13.3. The summed E-state index contributed by atoms with van der Waals surface area (Å²) in [6.07, 6.45) is -0.383. The van der Waals surface area contributed by atoms with Crippen LogP contribution in [0.2, 0.25) is 0 Å². The molecule has 0 spiro atoms. The van der Waals surface area contributed by atoms with Gasteiger partial charge in [-0.3, -0.25) is 14.4 Å². The molecule has 9 heteroatoms. The van der Waals surface area contributed by atoms with Gasteiger partial charge in [0.2, 0.25) is 17.7 Å². The number of hydrogen-bond donors (Lipinski definition) is 3. The molecule has 0 aliphatic heterocycles. The Morgan fingerprint density at radius 2 is 1.69 bits per heavy atom. The van der Waals surface area contributed by atoms with Crippen LogP contribution < -0.4 is 16.4 Å². The monoisotopic (exact) mass is 538 g/mol. The number of carbonyl (C=O) groups excluding carboxylic acids is 4. The Morgan fingerprint density at radius 1 is 1.03 bits per heavy atom. The van der Waals surface area contributed by atoms with Gasteiger partial charge in [0.05, 0.1) is 0 Å². The van der Waals surface area contributed by atoms with Gasteiger partial charge in [0.15, 0.2) is 0 Å². The molecule has 2 atom stereocenters. The zero-order valence-electron chi connectivity index (χ0n) is 23.9. The van der Waals surface area contributed by atoms with Crippen LogP contribution >= 0.6 is 0 Å². The summed E-state index contributed by atoms with van der Waals surface area (Å²) in [7, 11) is 0. The Bertz CT molecular complexity index is 1140. The summed E-state index contributed by atoms with van der Waals surface area (Å²) in [4.78, 5) is 53.6. The average Bonchev–Trinajstić information content (AvgIpc) is 2.86. The molecule has 2 rings (SSSR count). The molecule has 0 aliphatic rings. The standard InChI is InChI=1S/C30H42N4O5/c1-7-17-34(28(37)24(15-16-25(31)35)33-29(38)39-30(4,5)6)26(23-18-20(2)13-14-21(23)3)27(36)32-19-22-11-9-8-10-12-22/h8-14,18,24,26H,7,15-17,19H2,1-6H3,(H2,31,35)(H,32,36)(H,33,38). The van der Waals surface area contributed by atoms with Gasteiger partial charge in [0.1, 0.15) is 17.7 Å². The Morgan fingerprint density at radius 3 is 2.28 bits per heavy atom. The summed E-state index contributed by atoms with van der Waals surface area (Å²) >= 11 is 0. The summed E-state index contributed by atoms with van der Waals surface area (Å²) in [6.45, 7) is 11.4. The molecule has 2 aromatic carbocycles. The number of nitrogens with one attached hydrogen (secondary N) is 2. The van der Waals surface area contributed by atoms with E-state index in [-0.39, 0.29) is 31.8 Å². The van der Waals surface area contributed by atoms with Crippen molar-refractivity contribution in [1.82, 2.24) is 15.5 Å². The molecule has 0 heterocycles. The van der Waals surface area contributed by atoms with Gasteiger partial charge in [0, 0.05) is 19.5 Å². The SMILES string of the molecule is CCCN(C(=O)C(CCC(N)=O)NC(=O)OC(C)(C)C)C(C(=O)NCc1ccccc1)c1cc(C)ccc1C. The van der Waals surface area contributed by atoms with E-state index in [1.807, 2.05) is 69.3 Å². The number of nitrogens with two attached hydrogens (primary N) is 1. The topological polar surface area (TPSA) is 131 Å². The van der Waals surface area contributed by atoms with Crippen molar-refractivity contribution >= 4 is 23.8 Å². The highest BCUT2D eigenvalue weighted by atomic mass is 16.6. The number of ether oxygens (including phenoxy) is 1. The highest BCUT2D eigenvalue weighted by Crippen LogP contribution is 2.27. The highest BCUT2D eigenvalue weighted by Gasteiger charge is 2.36. The van der Waals surface area contributed by atoms with Crippen molar-refractivity contribution in [3.05, 3.63) is 70.8 Å². The van der Waals surface area contributed by atoms with E-state index in [9.17, 15) is 19.2 Å². The maximum atomic E-state index is 14.1. The molecule has 39 heavy (non-hydrogen) atoms. The quantitative estimate of drug-likeness (QED) is 0.375. The van der Waals surface area contributed by atoms with Crippen molar-refractivity contribution in [1.29, 1.82) is 0 Å². The fraction of sp³-hybridized carbons (Fsp3) is 0.467. The van der Waals surface area contributed by atoms with Crippen molar-refractivity contribution in [2.75, 3.05) is 6.54 Å². The van der Waals surface area contributed by atoms with Gasteiger partial charge in [0.25, 0.3) is 0 Å². The summed E-state index contributed by atoms with van der Waals surface area (Å²) in [5.41, 5.74) is 7.98. The lowest BCUT2D eigenvalue weighted by atomic mass is 9.95. The molecule has 212 valence electrons. The predicted octanol–water partition coefficient (Wildman–Crippen LogP) is 4.06. The lowest BCUT2D eigenvalue weighted by molar-refractivity contribution is -0.142. The van der Waals surface area contributed by atoms with Crippen LogP contribution in [0.1, 0.15) is 75.3 Å². The number of alkyl carbamates (subject to hydrolysis) is 1. The van der Waals surface area contributed by atoms with Crippen LogP contribution in [0.4, 0.5) is 4.79 Å². The van der Waals surface area contributed by atoms with Gasteiger partial charge < -0.3 is 26.0 Å². The molecule has 0 fully saturated rings. The zero-order valence-corrected chi connectivity index (χ0v) is 23.9. The van der Waals surface area contributed by atoms with Crippen LogP contribution in [0, 0.1) is 13.8 Å². The minimum absolute atomic E-state index is 0.0290. The van der Waals surface area contributed by atoms with E-state index >= 15 is 0 Å². The van der Waals surface area contributed by atoms with Crippen LogP contribution in [0.3, 0.4) is 0 Å². The molecular weight excluding hydrogens is 496 g/mol. The third-order valence-electron chi connectivity index (χ3n) is 6.01. The van der Waals surface area contributed by atoms with Crippen LogP contribution in [0.25, 0.3) is 0 Å². The third-order valence-corrected chi connectivity index (χ3v) is 6.01. The minimum atomic E-state index is -1.12. The largest absolute Gasteiger partial charge is 0.444 e. The fourth-order valence-electron chi connectivity index (χ4n) is 4.19. The lowest BCUT2D eigenvalue weighted by Crippen LogP contribution is -2.53. The van der Waals surface area contributed by atoms with E-state index in [0.717, 1.165) is 16.7 Å². The molecular formula is C30H42N4O5. The molecule has 0 bridgehead atoms. The number of primary amides is 1. The summed E-state index contributed by atoms with van der Waals surface area (Å²) in [5.74, 6) is -1.45. The molecule has 2 aromatic rings. The second-order valence-corrected chi connectivity index (χ2v) is 10.7. The van der Waals surface area contributed by atoms with Crippen LogP contribution in [0.15, 0.2) is 48.5 Å². The Hall–Kier alpha value is -3.88. The van der Waals surface area contributed by atoms with Gasteiger partial charge in [-0.1, -0.05) is 61.0 Å². The Kier molecular flexibility index (Phi) is 11.5. The number of aryl methyl sites for hydroxylation is 2. The molecule has 4 N–H and O–H groups in total. The first-order valence-corrected chi connectivity index (χ1v) is 13.3. The van der Waals surface area contributed by atoms with E-state index in [4.69, 9.17) is 10.5 Å². The van der Waals surface area contributed by atoms with E-state index in [0.29, 0.717) is 12.0 Å². The number of carbonyl (C=O) groups is 4. The summed E-state index contributed by atoms with van der Waals surface area (Å²) in [6, 6.07) is 13.2. The molecule has 0 radical (unpaired) electrons. The van der Waals surface area contributed by atoms with E-state index in [2.05, 4.69) is 10.6 Å². The normalized spacial score (nSPS) is 12.7. The summed E-state index contributed by atoms with van der Waals surface area (Å²) < 4.78 is 5.36. The number of nitrogens with zero attached hydrogens (tertiary/aromatic N) is 1. The number of hydrogen-bond acceptors (Lipinski definition) is 5. The molecule has 9 nitrogen and oxygen atoms in total. The number of benzene rings is 2. The zero-order chi connectivity index (χ0) is 29.2. The molecule has 2 unspecified atom stereocenters. The van der Waals surface area contributed by atoms with Crippen LogP contribution in [0.5, 0.6) is 0 Å². The van der Waals surface area contributed by atoms with Crippen LogP contribution in [-0.2, 0) is 25.7 Å². The van der Waals surface area contributed by atoms with Gasteiger partial charge in [-0.2, -0.15) is 0 Å². The average molecular weight is 539 g/mol. The second kappa shape index (κ2) is 14.3. The smallest absolute Gasteiger partial charge is 0.408 e. The number of rotatable bonds is 12. The van der Waals surface area contributed by atoms with E-state index in [1.54, 1.807) is 20.8 Å². The van der Waals surface area contributed by atoms with Crippen molar-refractivity contribution in [2.45, 2.75) is 85.0 Å². The van der Waals surface area contributed by atoms with Crippen molar-refractivity contribution in [3.8, 4) is 0 Å². The summed E-state index contributed by atoms with van der Waals surface area (Å²) in [5, 5.41) is 5.58. The molecule has 0 saturated heterocycles. The Labute approximate surface area is 231 Å². The fourth-order valence-corrected chi connectivity index (χ4v) is 4.19. The van der Waals surface area contributed by atoms with Gasteiger partial charge >= 0.3 is 6.09 Å². The number of amides is 4. The Balaban J connectivity index is 2.49. The maximum Gasteiger partial charge on any atom is 0.408 e. The predicted molar refractivity (Wildman–Crippen MR) is 151 cm³/mol. The highest BCUT2D eigenvalue weighted by molar-refractivity contribution is 5.92. The van der Waals surface area contributed by atoms with Crippen molar-refractivity contribution in [2.24, 2.45) is 5.73 Å².